The monoisotopic (exact) mass is 482 g/mol. The van der Waals surface area contributed by atoms with Crippen LogP contribution in [0.1, 0.15) is 23.2 Å². The Labute approximate surface area is 207 Å². The zero-order chi connectivity index (χ0) is 24.6. The number of likely N-dealkylation sites (tertiary alicyclic amines) is 1. The highest BCUT2D eigenvalue weighted by Gasteiger charge is 2.29. The van der Waals surface area contributed by atoms with Crippen molar-refractivity contribution < 1.29 is 19.1 Å². The van der Waals surface area contributed by atoms with Gasteiger partial charge in [0.05, 0.1) is 11.0 Å². The summed E-state index contributed by atoms with van der Waals surface area (Å²) in [6, 6.07) is 20.2. The van der Waals surface area contributed by atoms with Gasteiger partial charge < -0.3 is 18.9 Å². The summed E-state index contributed by atoms with van der Waals surface area (Å²) in [6.45, 7) is 2.18. The number of carbonyl (C=O) groups is 2. The van der Waals surface area contributed by atoms with Gasteiger partial charge in [-0.15, -0.1) is 0 Å². The molecule has 2 aliphatic rings. The van der Waals surface area contributed by atoms with Crippen LogP contribution in [0, 0.1) is 5.92 Å². The van der Waals surface area contributed by atoms with Gasteiger partial charge in [-0.05, 0) is 55.3 Å². The summed E-state index contributed by atoms with van der Waals surface area (Å²) in [7, 11) is 0. The van der Waals surface area contributed by atoms with E-state index in [0.717, 1.165) is 11.0 Å². The van der Waals surface area contributed by atoms with Gasteiger partial charge in [0, 0.05) is 35.3 Å². The zero-order valence-corrected chi connectivity index (χ0v) is 19.8. The number of carbonyl (C=O) groups excluding carboxylic acids is 2. The highest BCUT2D eigenvalue weighted by molar-refractivity contribution is 5.99. The molecule has 0 unspecified atom stereocenters. The minimum absolute atomic E-state index is 0.0146. The van der Waals surface area contributed by atoms with Crippen molar-refractivity contribution in [3.63, 3.8) is 0 Å². The Morgan fingerprint density at radius 3 is 2.08 bits per heavy atom. The number of aromatic nitrogens is 1. The highest BCUT2D eigenvalue weighted by atomic mass is 16.6. The summed E-state index contributed by atoms with van der Waals surface area (Å²) in [5.41, 5.74) is 2.09. The highest BCUT2D eigenvalue weighted by Crippen LogP contribution is 2.32. The largest absolute Gasteiger partial charge is 0.486 e. The zero-order valence-electron chi connectivity index (χ0n) is 19.8. The maximum atomic E-state index is 13.4. The lowest BCUT2D eigenvalue weighted by Gasteiger charge is -2.32. The van der Waals surface area contributed by atoms with Crippen molar-refractivity contribution in [1.29, 1.82) is 0 Å². The average Bonchev–Trinajstić information content (AvgIpc) is 2.94. The minimum atomic E-state index is -0.134. The Morgan fingerprint density at radius 1 is 0.806 bits per heavy atom. The summed E-state index contributed by atoms with van der Waals surface area (Å²) in [4.78, 5) is 41.3. The van der Waals surface area contributed by atoms with E-state index in [2.05, 4.69) is 0 Å². The average molecular weight is 483 g/mol. The first-order valence-electron chi connectivity index (χ1n) is 12.3. The molecule has 1 fully saturated rings. The second kappa shape index (κ2) is 9.15. The molecule has 1 saturated heterocycles. The van der Waals surface area contributed by atoms with Crippen LogP contribution < -0.4 is 14.9 Å². The molecule has 7 heteroatoms. The number of para-hydroxylation sites is 2. The summed E-state index contributed by atoms with van der Waals surface area (Å²) in [5, 5.41) is 1.21. The number of pyridine rings is 1. The van der Waals surface area contributed by atoms with Gasteiger partial charge in [0.2, 0.25) is 5.91 Å². The van der Waals surface area contributed by atoms with Crippen LogP contribution in [0.3, 0.4) is 0 Å². The Balaban J connectivity index is 1.19. The SMILES string of the molecule is O=C(c1ccc2c(c1)OCCO2)C1CCN(C(=O)Cn2c3ccccc3c(=O)c3ccccc32)CC1. The third kappa shape index (κ3) is 3.90. The van der Waals surface area contributed by atoms with Crippen molar-refractivity contribution in [2.24, 2.45) is 5.92 Å². The van der Waals surface area contributed by atoms with Crippen molar-refractivity contribution in [1.82, 2.24) is 9.47 Å². The second-order valence-corrected chi connectivity index (χ2v) is 9.33. The standard InChI is InChI=1S/C29H26N2O5/c32-27(18-31-23-7-3-1-5-21(23)29(34)22-6-2-4-8-24(22)31)30-13-11-19(12-14-30)28(33)20-9-10-25-26(17-20)36-16-15-35-25/h1-10,17,19H,11-16,18H2. The van der Waals surface area contributed by atoms with E-state index in [9.17, 15) is 14.4 Å². The predicted molar refractivity (Wildman–Crippen MR) is 137 cm³/mol. The fraction of sp³-hybridized carbons (Fsp3) is 0.276. The van der Waals surface area contributed by atoms with E-state index in [1.165, 1.54) is 0 Å². The minimum Gasteiger partial charge on any atom is -0.486 e. The lowest BCUT2D eigenvalue weighted by molar-refractivity contribution is -0.132. The molecule has 36 heavy (non-hydrogen) atoms. The van der Waals surface area contributed by atoms with Crippen LogP contribution in [-0.2, 0) is 11.3 Å². The molecule has 0 N–H and O–H groups in total. The van der Waals surface area contributed by atoms with Crippen molar-refractivity contribution in [2.75, 3.05) is 26.3 Å². The van der Waals surface area contributed by atoms with Crippen molar-refractivity contribution in [3.05, 3.63) is 82.5 Å². The molecule has 4 aromatic rings. The predicted octanol–water partition coefficient (Wildman–Crippen LogP) is 4.05. The lowest BCUT2D eigenvalue weighted by atomic mass is 9.88. The van der Waals surface area contributed by atoms with Gasteiger partial charge in [-0.1, -0.05) is 24.3 Å². The molecular weight excluding hydrogens is 456 g/mol. The van der Waals surface area contributed by atoms with E-state index in [1.54, 1.807) is 30.3 Å². The first-order chi connectivity index (χ1) is 17.6. The number of rotatable bonds is 4. The van der Waals surface area contributed by atoms with E-state index in [0.29, 0.717) is 67.0 Å². The maximum absolute atomic E-state index is 13.4. The first kappa shape index (κ1) is 22.3. The number of Topliss-reactive ketones (excluding diaryl/α,β-unsaturated/α-hetero) is 1. The van der Waals surface area contributed by atoms with Crippen molar-refractivity contribution in [2.45, 2.75) is 19.4 Å². The molecule has 182 valence electrons. The fourth-order valence-electron chi connectivity index (χ4n) is 5.31. The second-order valence-electron chi connectivity index (χ2n) is 9.33. The van der Waals surface area contributed by atoms with E-state index < -0.39 is 0 Å². The smallest absolute Gasteiger partial charge is 0.242 e. The normalized spacial score (nSPS) is 15.8. The molecule has 2 aliphatic heterocycles. The molecule has 3 aromatic carbocycles. The third-order valence-corrected chi connectivity index (χ3v) is 7.22. The Kier molecular flexibility index (Phi) is 5.68. The molecule has 0 aliphatic carbocycles. The molecule has 0 atom stereocenters. The van der Waals surface area contributed by atoms with Crippen LogP contribution in [0.15, 0.2) is 71.5 Å². The number of piperidine rings is 1. The number of fused-ring (bicyclic) bond motifs is 3. The van der Waals surface area contributed by atoms with Crippen LogP contribution >= 0.6 is 0 Å². The molecule has 7 nitrogen and oxygen atoms in total. The Bertz CT molecular complexity index is 1490. The molecule has 0 saturated carbocycles. The molecule has 1 amide bonds. The van der Waals surface area contributed by atoms with E-state index >= 15 is 0 Å². The van der Waals surface area contributed by atoms with Crippen molar-refractivity contribution in [3.8, 4) is 11.5 Å². The van der Waals surface area contributed by atoms with Crippen LogP contribution in [0.5, 0.6) is 11.5 Å². The van der Waals surface area contributed by atoms with Crippen LogP contribution in [0.25, 0.3) is 21.8 Å². The Hall–Kier alpha value is -4.13. The number of ether oxygens (including phenoxy) is 2. The van der Waals surface area contributed by atoms with Gasteiger partial charge in [-0.2, -0.15) is 0 Å². The lowest BCUT2D eigenvalue weighted by Crippen LogP contribution is -2.42. The topological polar surface area (TPSA) is 77.8 Å². The van der Waals surface area contributed by atoms with E-state index in [4.69, 9.17) is 9.47 Å². The van der Waals surface area contributed by atoms with Gasteiger partial charge in [0.25, 0.3) is 0 Å². The van der Waals surface area contributed by atoms with Gasteiger partial charge in [-0.25, -0.2) is 0 Å². The molecule has 0 bridgehead atoms. The van der Waals surface area contributed by atoms with E-state index in [1.807, 2.05) is 45.9 Å². The summed E-state index contributed by atoms with van der Waals surface area (Å²) in [5.74, 6) is 1.21. The summed E-state index contributed by atoms with van der Waals surface area (Å²) in [6.07, 6.45) is 1.23. The quantitative estimate of drug-likeness (QED) is 0.324. The third-order valence-electron chi connectivity index (χ3n) is 7.22. The molecule has 0 radical (unpaired) electrons. The number of ketones is 1. The van der Waals surface area contributed by atoms with Gasteiger partial charge in [0.1, 0.15) is 19.8 Å². The fourth-order valence-corrected chi connectivity index (χ4v) is 5.31. The molecular formula is C29H26N2O5. The number of hydrogen-bond acceptors (Lipinski definition) is 5. The number of amides is 1. The maximum Gasteiger partial charge on any atom is 0.242 e. The first-order valence-corrected chi connectivity index (χ1v) is 12.3. The van der Waals surface area contributed by atoms with Gasteiger partial charge >= 0.3 is 0 Å². The molecule has 6 rings (SSSR count). The molecule has 0 spiro atoms. The van der Waals surface area contributed by atoms with Gasteiger partial charge in [0.15, 0.2) is 22.7 Å². The van der Waals surface area contributed by atoms with Gasteiger partial charge in [-0.3, -0.25) is 14.4 Å². The van der Waals surface area contributed by atoms with Crippen molar-refractivity contribution >= 4 is 33.5 Å². The van der Waals surface area contributed by atoms with E-state index in [-0.39, 0.29) is 29.6 Å². The summed E-state index contributed by atoms with van der Waals surface area (Å²) >= 11 is 0. The number of nitrogens with zero attached hydrogens (tertiary/aromatic N) is 2. The number of benzene rings is 3. The van der Waals surface area contributed by atoms with Crippen LogP contribution in [0.4, 0.5) is 0 Å². The number of hydrogen-bond donors (Lipinski definition) is 0. The van der Waals surface area contributed by atoms with Crippen LogP contribution in [0.2, 0.25) is 0 Å². The Morgan fingerprint density at radius 2 is 1.42 bits per heavy atom. The molecule has 1 aromatic heterocycles. The summed E-state index contributed by atoms with van der Waals surface area (Å²) < 4.78 is 13.1. The molecule has 3 heterocycles. The van der Waals surface area contributed by atoms with Crippen LogP contribution in [-0.4, -0.2) is 47.5 Å².